The SMILES string of the molecule is CCOC1=NCN=C1OCC. The largest absolute Gasteiger partial charge is 0.474 e. The summed E-state index contributed by atoms with van der Waals surface area (Å²) in [7, 11) is 0. The molecule has 0 unspecified atom stereocenters. The van der Waals surface area contributed by atoms with Crippen molar-refractivity contribution in [3.05, 3.63) is 0 Å². The van der Waals surface area contributed by atoms with Crippen molar-refractivity contribution in [1.29, 1.82) is 0 Å². The number of rotatable bonds is 2. The van der Waals surface area contributed by atoms with Crippen molar-refractivity contribution in [1.82, 2.24) is 0 Å². The molecule has 0 N–H and O–H groups in total. The van der Waals surface area contributed by atoms with E-state index in [9.17, 15) is 0 Å². The molecule has 0 fully saturated rings. The Morgan fingerprint density at radius 3 is 1.91 bits per heavy atom. The molecule has 0 radical (unpaired) electrons. The molecular weight excluding hydrogens is 144 g/mol. The van der Waals surface area contributed by atoms with Gasteiger partial charge in [0.1, 0.15) is 6.67 Å². The summed E-state index contributed by atoms with van der Waals surface area (Å²) in [6.45, 7) is 5.45. The molecule has 11 heavy (non-hydrogen) atoms. The number of hydrogen-bond acceptors (Lipinski definition) is 4. The van der Waals surface area contributed by atoms with Crippen LogP contribution in [-0.2, 0) is 9.47 Å². The van der Waals surface area contributed by atoms with Crippen LogP contribution in [0.3, 0.4) is 0 Å². The van der Waals surface area contributed by atoms with E-state index in [1.807, 2.05) is 13.8 Å². The molecule has 1 rings (SSSR count). The molecule has 0 aliphatic carbocycles. The van der Waals surface area contributed by atoms with Crippen LogP contribution in [0, 0.1) is 0 Å². The number of ether oxygens (including phenoxy) is 2. The molecular formula is C7H12N2O2. The zero-order chi connectivity index (χ0) is 8.10. The summed E-state index contributed by atoms with van der Waals surface area (Å²) in [6.07, 6.45) is 0. The maximum Gasteiger partial charge on any atom is 0.274 e. The lowest BCUT2D eigenvalue weighted by atomic mass is 10.6. The van der Waals surface area contributed by atoms with Gasteiger partial charge in [0, 0.05) is 0 Å². The highest BCUT2D eigenvalue weighted by Gasteiger charge is 2.15. The quantitative estimate of drug-likeness (QED) is 0.594. The van der Waals surface area contributed by atoms with Gasteiger partial charge in [-0.05, 0) is 13.8 Å². The molecule has 0 bridgehead atoms. The topological polar surface area (TPSA) is 43.2 Å². The van der Waals surface area contributed by atoms with Gasteiger partial charge in [-0.15, -0.1) is 0 Å². The molecule has 0 aromatic rings. The summed E-state index contributed by atoms with van der Waals surface area (Å²) in [5.41, 5.74) is 0. The molecule has 4 heteroatoms. The Morgan fingerprint density at radius 1 is 1.09 bits per heavy atom. The molecule has 0 aromatic carbocycles. The fourth-order valence-corrected chi connectivity index (χ4v) is 0.787. The summed E-state index contributed by atoms with van der Waals surface area (Å²) in [4.78, 5) is 7.98. The van der Waals surface area contributed by atoms with E-state index in [-0.39, 0.29) is 0 Å². The summed E-state index contributed by atoms with van der Waals surface area (Å²) in [6, 6.07) is 0. The zero-order valence-corrected chi connectivity index (χ0v) is 6.83. The second-order valence-corrected chi connectivity index (χ2v) is 1.93. The molecule has 62 valence electrons. The standard InChI is InChI=1S/C7H12N2O2/c1-3-10-6-7(11-4-2)9-5-8-6/h3-5H2,1-2H3. The van der Waals surface area contributed by atoms with Gasteiger partial charge in [0.2, 0.25) is 0 Å². The van der Waals surface area contributed by atoms with Crippen LogP contribution in [0.2, 0.25) is 0 Å². The first-order valence-electron chi connectivity index (χ1n) is 3.73. The molecule has 0 aromatic heterocycles. The van der Waals surface area contributed by atoms with E-state index in [1.165, 1.54) is 0 Å². The van der Waals surface area contributed by atoms with Crippen molar-refractivity contribution < 1.29 is 9.47 Å². The summed E-state index contributed by atoms with van der Waals surface area (Å²) >= 11 is 0. The summed E-state index contributed by atoms with van der Waals surface area (Å²) < 4.78 is 10.3. The van der Waals surface area contributed by atoms with E-state index in [0.29, 0.717) is 31.7 Å². The van der Waals surface area contributed by atoms with Crippen LogP contribution in [0.15, 0.2) is 9.98 Å². The Hall–Kier alpha value is -1.06. The highest BCUT2D eigenvalue weighted by atomic mass is 16.5. The van der Waals surface area contributed by atoms with Gasteiger partial charge >= 0.3 is 0 Å². The van der Waals surface area contributed by atoms with Crippen LogP contribution in [0.25, 0.3) is 0 Å². The lowest BCUT2D eigenvalue weighted by Gasteiger charge is -2.04. The minimum absolute atomic E-state index is 0.435. The third-order valence-electron chi connectivity index (χ3n) is 1.17. The molecule has 0 amide bonds. The van der Waals surface area contributed by atoms with E-state index in [0.717, 1.165) is 0 Å². The van der Waals surface area contributed by atoms with Crippen molar-refractivity contribution >= 4 is 11.8 Å². The van der Waals surface area contributed by atoms with Gasteiger partial charge in [0.25, 0.3) is 11.8 Å². The Kier molecular flexibility index (Phi) is 2.89. The van der Waals surface area contributed by atoms with E-state index in [4.69, 9.17) is 9.47 Å². The number of nitrogens with zero attached hydrogens (tertiary/aromatic N) is 2. The zero-order valence-electron chi connectivity index (χ0n) is 6.83. The Bertz CT molecular complexity index is 167. The molecule has 1 aliphatic heterocycles. The molecule has 1 heterocycles. The monoisotopic (exact) mass is 156 g/mol. The second kappa shape index (κ2) is 3.95. The smallest absolute Gasteiger partial charge is 0.274 e. The van der Waals surface area contributed by atoms with E-state index < -0.39 is 0 Å². The van der Waals surface area contributed by atoms with Crippen LogP contribution in [0.1, 0.15) is 13.8 Å². The van der Waals surface area contributed by atoms with Gasteiger partial charge in [-0.1, -0.05) is 0 Å². The first-order chi connectivity index (χ1) is 5.38. The van der Waals surface area contributed by atoms with Gasteiger partial charge in [-0.3, -0.25) is 0 Å². The van der Waals surface area contributed by atoms with E-state index >= 15 is 0 Å². The van der Waals surface area contributed by atoms with Crippen molar-refractivity contribution in [3.8, 4) is 0 Å². The molecule has 0 spiro atoms. The summed E-state index contributed by atoms with van der Waals surface area (Å²) in [5.74, 6) is 1.07. The minimum atomic E-state index is 0.435. The minimum Gasteiger partial charge on any atom is -0.474 e. The first kappa shape index (κ1) is 8.04. The van der Waals surface area contributed by atoms with Gasteiger partial charge in [-0.25, -0.2) is 9.98 Å². The van der Waals surface area contributed by atoms with Crippen LogP contribution in [-0.4, -0.2) is 31.7 Å². The first-order valence-corrected chi connectivity index (χ1v) is 3.73. The van der Waals surface area contributed by atoms with E-state index in [2.05, 4.69) is 9.98 Å². The lowest BCUT2D eigenvalue weighted by molar-refractivity contribution is 0.298. The lowest BCUT2D eigenvalue weighted by Crippen LogP contribution is -2.17. The fourth-order valence-electron chi connectivity index (χ4n) is 0.787. The van der Waals surface area contributed by atoms with Crippen LogP contribution >= 0.6 is 0 Å². The molecule has 0 atom stereocenters. The van der Waals surface area contributed by atoms with Crippen molar-refractivity contribution in [3.63, 3.8) is 0 Å². The summed E-state index contributed by atoms with van der Waals surface area (Å²) in [5, 5.41) is 0. The highest BCUT2D eigenvalue weighted by Crippen LogP contribution is 1.99. The van der Waals surface area contributed by atoms with Gasteiger partial charge in [-0.2, -0.15) is 0 Å². The predicted octanol–water partition coefficient (Wildman–Crippen LogP) is 0.828. The average molecular weight is 156 g/mol. The van der Waals surface area contributed by atoms with Crippen LogP contribution in [0.5, 0.6) is 0 Å². The Morgan fingerprint density at radius 2 is 1.55 bits per heavy atom. The predicted molar refractivity (Wildman–Crippen MR) is 43.0 cm³/mol. The highest BCUT2D eigenvalue weighted by molar-refractivity contribution is 6.36. The average Bonchev–Trinajstić information content (AvgIpc) is 2.39. The van der Waals surface area contributed by atoms with Crippen LogP contribution in [0.4, 0.5) is 0 Å². The third kappa shape index (κ3) is 1.93. The molecule has 1 aliphatic rings. The van der Waals surface area contributed by atoms with Crippen molar-refractivity contribution in [2.75, 3.05) is 19.9 Å². The van der Waals surface area contributed by atoms with E-state index in [1.54, 1.807) is 0 Å². The normalized spacial score (nSPS) is 15.8. The molecule has 0 saturated heterocycles. The Balaban J connectivity index is 2.46. The number of aliphatic imine (C=N–C) groups is 2. The maximum absolute atomic E-state index is 5.16. The van der Waals surface area contributed by atoms with Gasteiger partial charge in [0.15, 0.2) is 0 Å². The van der Waals surface area contributed by atoms with Gasteiger partial charge in [0.05, 0.1) is 13.2 Å². The fraction of sp³-hybridized carbons (Fsp3) is 0.714. The van der Waals surface area contributed by atoms with Crippen molar-refractivity contribution in [2.24, 2.45) is 9.98 Å². The molecule has 4 nitrogen and oxygen atoms in total. The Labute approximate surface area is 65.9 Å². The van der Waals surface area contributed by atoms with Gasteiger partial charge < -0.3 is 9.47 Å². The number of hydrogen-bond donors (Lipinski definition) is 0. The molecule has 0 saturated carbocycles. The van der Waals surface area contributed by atoms with Crippen LogP contribution < -0.4 is 0 Å². The van der Waals surface area contributed by atoms with Crippen molar-refractivity contribution in [2.45, 2.75) is 13.8 Å². The maximum atomic E-state index is 5.16. The third-order valence-corrected chi connectivity index (χ3v) is 1.17. The second-order valence-electron chi connectivity index (χ2n) is 1.93.